The molecule has 1 aliphatic rings. The summed E-state index contributed by atoms with van der Waals surface area (Å²) in [6.07, 6.45) is 0.616. The summed E-state index contributed by atoms with van der Waals surface area (Å²) in [5, 5.41) is 11.2. The molecule has 0 heterocycles. The lowest BCUT2D eigenvalue weighted by molar-refractivity contribution is 0.0733. The fraction of sp³-hybridized carbons (Fsp3) is 0.786. The largest absolute Gasteiger partial charge is 0.543 e. The number of rotatable bonds is 6. The van der Waals surface area contributed by atoms with E-state index in [1.807, 2.05) is 0 Å². The average Bonchev–Trinajstić information content (AvgIpc) is 2.58. The summed E-state index contributed by atoms with van der Waals surface area (Å²) in [6, 6.07) is 4.29. The Morgan fingerprint density at radius 3 is 1.63 bits per heavy atom. The lowest BCUT2D eigenvalue weighted by Gasteiger charge is -2.43. The summed E-state index contributed by atoms with van der Waals surface area (Å²) in [5.74, 6) is 1.76. The summed E-state index contributed by atoms with van der Waals surface area (Å²) in [7, 11) is -6.20. The molecule has 1 aliphatic carbocycles. The Balaban J connectivity index is 2.69. The van der Waals surface area contributed by atoms with Crippen molar-refractivity contribution in [2.45, 2.75) is 142 Å². The first-order chi connectivity index (χ1) is 15.4. The minimum Gasteiger partial charge on any atom is -0.543 e. The fourth-order valence-electron chi connectivity index (χ4n) is 3.51. The van der Waals surface area contributed by atoms with Gasteiger partial charge in [-0.25, -0.2) is 0 Å². The van der Waals surface area contributed by atoms with Gasteiger partial charge in [-0.2, -0.15) is 0 Å². The smallest absolute Gasteiger partial charge is 0.250 e. The van der Waals surface area contributed by atoms with E-state index in [1.165, 1.54) is 0 Å². The Morgan fingerprint density at radius 2 is 1.17 bits per heavy atom. The Kier molecular flexibility index (Phi) is 8.40. The number of aliphatic hydroxyl groups is 1. The molecule has 0 aromatic heterocycles. The van der Waals surface area contributed by atoms with E-state index >= 15 is 0 Å². The number of benzene rings is 1. The van der Waals surface area contributed by atoms with E-state index in [4.69, 9.17) is 13.3 Å². The van der Waals surface area contributed by atoms with Gasteiger partial charge >= 0.3 is 0 Å². The molecule has 0 radical (unpaired) electrons. The predicted molar refractivity (Wildman–Crippen MR) is 157 cm³/mol. The van der Waals surface area contributed by atoms with E-state index in [-0.39, 0.29) is 21.2 Å². The van der Waals surface area contributed by atoms with E-state index in [9.17, 15) is 5.11 Å². The zero-order valence-electron chi connectivity index (χ0n) is 25.4. The second kappa shape index (κ2) is 9.61. The van der Waals surface area contributed by atoms with Gasteiger partial charge in [0.15, 0.2) is 8.32 Å². The van der Waals surface area contributed by atoms with Crippen LogP contribution in [0.15, 0.2) is 12.1 Å². The number of hydrogen-bond donors (Lipinski definition) is 1. The second-order valence-corrected chi connectivity index (χ2v) is 29.4. The highest BCUT2D eigenvalue weighted by Gasteiger charge is 2.44. The van der Waals surface area contributed by atoms with Crippen LogP contribution >= 0.6 is 0 Å². The van der Waals surface area contributed by atoms with Crippen LogP contribution in [0.1, 0.15) is 86.0 Å². The monoisotopic (exact) mass is 538 g/mol. The zero-order chi connectivity index (χ0) is 27.4. The highest BCUT2D eigenvalue weighted by atomic mass is 28.4. The van der Waals surface area contributed by atoms with Crippen molar-refractivity contribution in [1.82, 2.24) is 0 Å². The van der Waals surface area contributed by atoms with Crippen molar-refractivity contribution in [2.24, 2.45) is 0 Å². The molecule has 0 fully saturated rings. The standard InChI is InChI=1S/C28H54O4Si3/c1-26(2,3)33(10,11)30-21-18-23-22(25(19-21)32-35(14,15)28(7,8)9)16-20(29)17-24(23)31-34(12,13)27(4,5)6/h18-20,24,29H,16-17H2,1-15H3. The van der Waals surface area contributed by atoms with Crippen molar-refractivity contribution in [3.8, 4) is 11.5 Å². The van der Waals surface area contributed by atoms with Gasteiger partial charge in [0.25, 0.3) is 0 Å². The van der Waals surface area contributed by atoms with E-state index in [2.05, 4.69) is 114 Å². The first-order valence-corrected chi connectivity index (χ1v) is 22.0. The topological polar surface area (TPSA) is 47.9 Å². The van der Waals surface area contributed by atoms with Crippen LogP contribution in [0.25, 0.3) is 0 Å². The molecule has 0 amide bonds. The first kappa shape index (κ1) is 30.6. The molecule has 1 aromatic rings. The summed E-state index contributed by atoms with van der Waals surface area (Å²) in [5.41, 5.74) is 2.24. The Morgan fingerprint density at radius 1 is 0.714 bits per heavy atom. The molecule has 0 saturated heterocycles. The van der Waals surface area contributed by atoms with Crippen molar-refractivity contribution in [3.63, 3.8) is 0 Å². The van der Waals surface area contributed by atoms with Crippen LogP contribution in [-0.2, 0) is 10.8 Å². The SMILES string of the molecule is CC(C)(C)[Si](C)(C)Oc1cc(O[Si](C)(C)C(C)(C)C)c2c(c1)C(O[Si](C)(C)C(C)(C)C)CC(O)C2. The van der Waals surface area contributed by atoms with E-state index in [1.54, 1.807) is 0 Å². The second-order valence-electron chi connectivity index (χ2n) is 15.2. The Bertz CT molecular complexity index is 902. The van der Waals surface area contributed by atoms with E-state index in [0.29, 0.717) is 12.8 Å². The third-order valence-corrected chi connectivity index (χ3v) is 22.3. The van der Waals surface area contributed by atoms with Crippen LogP contribution in [0.5, 0.6) is 11.5 Å². The molecule has 1 aromatic carbocycles. The number of fused-ring (bicyclic) bond motifs is 1. The summed E-state index contributed by atoms with van der Waals surface area (Å²) >= 11 is 0. The Labute approximate surface area is 219 Å². The van der Waals surface area contributed by atoms with Gasteiger partial charge in [-0.05, 0) is 66.0 Å². The van der Waals surface area contributed by atoms with Crippen LogP contribution in [0, 0.1) is 0 Å². The molecular formula is C28H54O4Si3. The summed E-state index contributed by atoms with van der Waals surface area (Å²) < 4.78 is 20.7. The third-order valence-electron chi connectivity index (χ3n) is 9.08. The van der Waals surface area contributed by atoms with Crippen LogP contribution in [0.4, 0.5) is 0 Å². The van der Waals surface area contributed by atoms with Crippen LogP contribution in [-0.4, -0.2) is 36.2 Å². The number of hydrogen-bond acceptors (Lipinski definition) is 4. The van der Waals surface area contributed by atoms with Crippen molar-refractivity contribution in [3.05, 3.63) is 23.3 Å². The molecule has 0 aliphatic heterocycles. The van der Waals surface area contributed by atoms with Crippen molar-refractivity contribution in [1.29, 1.82) is 0 Å². The molecule has 0 saturated carbocycles. The molecule has 7 heteroatoms. The van der Waals surface area contributed by atoms with Crippen LogP contribution < -0.4 is 8.85 Å². The minimum absolute atomic E-state index is 0.0699. The summed E-state index contributed by atoms with van der Waals surface area (Å²) in [6.45, 7) is 34.1. The highest BCUT2D eigenvalue weighted by Crippen LogP contribution is 2.48. The molecule has 0 bridgehead atoms. The highest BCUT2D eigenvalue weighted by molar-refractivity contribution is 6.75. The predicted octanol–water partition coefficient (Wildman–Crippen LogP) is 8.82. The van der Waals surface area contributed by atoms with Gasteiger partial charge in [-0.15, -0.1) is 0 Å². The van der Waals surface area contributed by atoms with Gasteiger partial charge in [0.05, 0.1) is 12.2 Å². The minimum atomic E-state index is -2.10. The molecule has 2 rings (SSSR count). The van der Waals surface area contributed by atoms with Gasteiger partial charge in [0, 0.05) is 24.5 Å². The lowest BCUT2D eigenvalue weighted by Crippen LogP contribution is -2.45. The average molecular weight is 539 g/mol. The molecule has 4 nitrogen and oxygen atoms in total. The van der Waals surface area contributed by atoms with Gasteiger partial charge in [-0.3, -0.25) is 0 Å². The lowest BCUT2D eigenvalue weighted by atomic mass is 9.87. The normalized spacial score (nSPS) is 20.5. The molecule has 35 heavy (non-hydrogen) atoms. The molecular weight excluding hydrogens is 485 g/mol. The van der Waals surface area contributed by atoms with Crippen LogP contribution in [0.3, 0.4) is 0 Å². The van der Waals surface area contributed by atoms with Crippen molar-refractivity contribution < 1.29 is 18.4 Å². The quantitative estimate of drug-likeness (QED) is 0.367. The van der Waals surface area contributed by atoms with E-state index in [0.717, 1.165) is 22.6 Å². The maximum Gasteiger partial charge on any atom is 0.250 e. The van der Waals surface area contributed by atoms with Gasteiger partial charge < -0.3 is 18.4 Å². The van der Waals surface area contributed by atoms with Gasteiger partial charge in [0.2, 0.25) is 16.6 Å². The van der Waals surface area contributed by atoms with Crippen molar-refractivity contribution in [2.75, 3.05) is 0 Å². The fourth-order valence-corrected chi connectivity index (χ4v) is 6.85. The molecule has 1 N–H and O–H groups in total. The number of aliphatic hydroxyl groups excluding tert-OH is 1. The first-order valence-electron chi connectivity index (χ1n) is 13.3. The third kappa shape index (κ3) is 6.83. The van der Waals surface area contributed by atoms with Gasteiger partial charge in [0.1, 0.15) is 11.5 Å². The van der Waals surface area contributed by atoms with Crippen molar-refractivity contribution >= 4 is 25.0 Å². The Hall–Kier alpha value is -0.609. The molecule has 2 atom stereocenters. The van der Waals surface area contributed by atoms with Gasteiger partial charge in [-0.1, -0.05) is 62.3 Å². The maximum atomic E-state index is 10.9. The maximum absolute atomic E-state index is 10.9. The molecule has 0 spiro atoms. The zero-order valence-corrected chi connectivity index (χ0v) is 28.4. The van der Waals surface area contributed by atoms with E-state index < -0.39 is 31.1 Å². The van der Waals surface area contributed by atoms with Crippen LogP contribution in [0.2, 0.25) is 54.4 Å². The molecule has 202 valence electrons. The molecule has 2 unspecified atom stereocenters. The summed E-state index contributed by atoms with van der Waals surface area (Å²) in [4.78, 5) is 0.